The quantitative estimate of drug-likeness (QED) is 0.699. The van der Waals surface area contributed by atoms with Crippen LogP contribution in [0.2, 0.25) is 0 Å². The molecule has 98 valence electrons. The highest BCUT2D eigenvalue weighted by molar-refractivity contribution is 5.73. The molecule has 2 aromatic heterocycles. The summed E-state index contributed by atoms with van der Waals surface area (Å²) < 4.78 is 0. The van der Waals surface area contributed by atoms with Crippen LogP contribution < -0.4 is 10.6 Å². The van der Waals surface area contributed by atoms with E-state index in [-0.39, 0.29) is 5.54 Å². The summed E-state index contributed by atoms with van der Waals surface area (Å²) in [5, 5.41) is 6.86. The molecule has 18 heavy (non-hydrogen) atoms. The third-order valence-corrected chi connectivity index (χ3v) is 2.69. The zero-order valence-corrected chi connectivity index (χ0v) is 11.2. The van der Waals surface area contributed by atoms with E-state index in [1.54, 1.807) is 12.5 Å². The summed E-state index contributed by atoms with van der Waals surface area (Å²) in [6, 6.07) is 2.02. The van der Waals surface area contributed by atoms with Crippen LogP contribution in [0.15, 0.2) is 18.6 Å². The first-order valence-electron chi connectivity index (χ1n) is 6.29. The van der Waals surface area contributed by atoms with Crippen LogP contribution in [-0.2, 0) is 6.54 Å². The number of nitrogens with zero attached hydrogens (tertiary/aromatic N) is 2. The van der Waals surface area contributed by atoms with E-state index in [0.29, 0.717) is 0 Å². The number of H-pyrrole nitrogens is 1. The number of aromatic amines is 1. The van der Waals surface area contributed by atoms with Crippen molar-refractivity contribution in [3.8, 4) is 0 Å². The molecule has 0 saturated heterocycles. The molecule has 5 nitrogen and oxygen atoms in total. The van der Waals surface area contributed by atoms with E-state index in [2.05, 4.69) is 46.4 Å². The van der Waals surface area contributed by atoms with Gasteiger partial charge >= 0.3 is 0 Å². The number of nitrogens with one attached hydrogen (secondary N) is 3. The van der Waals surface area contributed by atoms with E-state index < -0.39 is 0 Å². The van der Waals surface area contributed by atoms with E-state index in [1.165, 1.54) is 5.56 Å². The van der Waals surface area contributed by atoms with Crippen LogP contribution >= 0.6 is 0 Å². The van der Waals surface area contributed by atoms with Crippen LogP contribution in [0.3, 0.4) is 0 Å². The Bertz CT molecular complexity index is 497. The maximum absolute atomic E-state index is 4.20. The van der Waals surface area contributed by atoms with Gasteiger partial charge in [0.15, 0.2) is 5.65 Å². The first-order chi connectivity index (χ1) is 8.56. The number of aromatic nitrogens is 3. The largest absolute Gasteiger partial charge is 0.343 e. The maximum Gasteiger partial charge on any atom is 0.177 e. The predicted molar refractivity (Wildman–Crippen MR) is 73.4 cm³/mol. The summed E-state index contributed by atoms with van der Waals surface area (Å²) in [5.41, 5.74) is 3.18. The van der Waals surface area contributed by atoms with Gasteiger partial charge in [-0.1, -0.05) is 0 Å². The van der Waals surface area contributed by atoms with E-state index in [4.69, 9.17) is 0 Å². The smallest absolute Gasteiger partial charge is 0.177 e. The first-order valence-corrected chi connectivity index (χ1v) is 6.29. The summed E-state index contributed by atoms with van der Waals surface area (Å²) in [5.74, 6) is 0. The van der Waals surface area contributed by atoms with Gasteiger partial charge in [-0.25, -0.2) is 9.97 Å². The molecule has 0 spiro atoms. The topological polar surface area (TPSA) is 65.6 Å². The van der Waals surface area contributed by atoms with E-state index in [0.717, 1.165) is 30.8 Å². The second-order valence-electron chi connectivity index (χ2n) is 5.42. The van der Waals surface area contributed by atoms with Gasteiger partial charge in [0.05, 0.1) is 11.8 Å². The number of imidazole rings is 1. The summed E-state index contributed by atoms with van der Waals surface area (Å²) in [4.78, 5) is 11.5. The van der Waals surface area contributed by atoms with Crippen LogP contribution in [0.25, 0.3) is 11.2 Å². The molecule has 3 N–H and O–H groups in total. The lowest BCUT2D eigenvalue weighted by Gasteiger charge is -2.20. The fourth-order valence-electron chi connectivity index (χ4n) is 1.80. The fraction of sp³-hybridized carbons (Fsp3) is 0.538. The lowest BCUT2D eigenvalue weighted by molar-refractivity contribution is 0.421. The molecule has 0 fully saturated rings. The normalized spacial score (nSPS) is 12.2. The van der Waals surface area contributed by atoms with Gasteiger partial charge in [-0.3, -0.25) is 0 Å². The van der Waals surface area contributed by atoms with Crippen LogP contribution in [0.1, 0.15) is 26.3 Å². The minimum Gasteiger partial charge on any atom is -0.343 e. The highest BCUT2D eigenvalue weighted by atomic mass is 15.0. The van der Waals surface area contributed by atoms with Crippen molar-refractivity contribution in [2.75, 3.05) is 13.1 Å². The highest BCUT2D eigenvalue weighted by Crippen LogP contribution is 2.11. The minimum atomic E-state index is 0.176. The molecular weight excluding hydrogens is 226 g/mol. The van der Waals surface area contributed by atoms with Gasteiger partial charge in [-0.05, 0) is 32.4 Å². The molecule has 0 saturated carbocycles. The SMILES string of the molecule is CC(C)(C)NCCNCc1ccnc2nc[nH]c12. The molecule has 2 rings (SSSR count). The van der Waals surface area contributed by atoms with Crippen molar-refractivity contribution >= 4 is 11.2 Å². The molecule has 2 heterocycles. The lowest BCUT2D eigenvalue weighted by atomic mass is 10.1. The van der Waals surface area contributed by atoms with Gasteiger partial charge in [0.1, 0.15) is 0 Å². The molecule has 0 amide bonds. The summed E-state index contributed by atoms with van der Waals surface area (Å²) in [6.07, 6.45) is 3.48. The first kappa shape index (κ1) is 13.0. The van der Waals surface area contributed by atoms with Crippen LogP contribution in [0, 0.1) is 0 Å². The van der Waals surface area contributed by atoms with Crippen molar-refractivity contribution < 1.29 is 0 Å². The van der Waals surface area contributed by atoms with Gasteiger partial charge in [0.25, 0.3) is 0 Å². The molecular formula is C13H21N5. The summed E-state index contributed by atoms with van der Waals surface area (Å²) in [7, 11) is 0. The molecule has 0 atom stereocenters. The average Bonchev–Trinajstić information content (AvgIpc) is 2.75. The van der Waals surface area contributed by atoms with Crippen LogP contribution in [0.4, 0.5) is 0 Å². The number of fused-ring (bicyclic) bond motifs is 1. The fourth-order valence-corrected chi connectivity index (χ4v) is 1.80. The van der Waals surface area contributed by atoms with Gasteiger partial charge in [0, 0.05) is 31.4 Å². The Kier molecular flexibility index (Phi) is 3.93. The Morgan fingerprint density at radius 1 is 1.22 bits per heavy atom. The third-order valence-electron chi connectivity index (χ3n) is 2.69. The standard InChI is InChI=1S/C13H21N5/c1-13(2,3)18-7-6-14-8-10-4-5-15-12-11(10)16-9-17-12/h4-5,9,14,18H,6-8H2,1-3H3,(H,15,16,17). The van der Waals surface area contributed by atoms with Crippen molar-refractivity contribution in [1.29, 1.82) is 0 Å². The van der Waals surface area contributed by atoms with E-state index in [9.17, 15) is 0 Å². The monoisotopic (exact) mass is 247 g/mol. The van der Waals surface area contributed by atoms with Crippen molar-refractivity contribution in [2.45, 2.75) is 32.9 Å². The Labute approximate surface area is 107 Å². The minimum absolute atomic E-state index is 0.176. The van der Waals surface area contributed by atoms with Gasteiger partial charge in [-0.2, -0.15) is 0 Å². The average molecular weight is 247 g/mol. The van der Waals surface area contributed by atoms with Gasteiger partial charge in [-0.15, -0.1) is 0 Å². The second kappa shape index (κ2) is 5.46. The van der Waals surface area contributed by atoms with E-state index >= 15 is 0 Å². The van der Waals surface area contributed by atoms with Crippen molar-refractivity contribution in [1.82, 2.24) is 25.6 Å². The number of hydrogen-bond donors (Lipinski definition) is 3. The molecule has 0 bridgehead atoms. The van der Waals surface area contributed by atoms with E-state index in [1.807, 2.05) is 6.07 Å². The zero-order chi connectivity index (χ0) is 13.0. The lowest BCUT2D eigenvalue weighted by Crippen LogP contribution is -2.40. The third kappa shape index (κ3) is 3.51. The second-order valence-corrected chi connectivity index (χ2v) is 5.42. The number of rotatable bonds is 5. The molecule has 0 unspecified atom stereocenters. The number of pyridine rings is 1. The van der Waals surface area contributed by atoms with Gasteiger partial charge < -0.3 is 15.6 Å². The molecule has 0 aliphatic rings. The predicted octanol–water partition coefficient (Wildman–Crippen LogP) is 1.44. The maximum atomic E-state index is 4.20. The van der Waals surface area contributed by atoms with Crippen molar-refractivity contribution in [3.05, 3.63) is 24.2 Å². The number of hydrogen-bond acceptors (Lipinski definition) is 4. The van der Waals surface area contributed by atoms with Gasteiger partial charge in [0.2, 0.25) is 0 Å². The molecule has 2 aromatic rings. The van der Waals surface area contributed by atoms with Crippen molar-refractivity contribution in [2.24, 2.45) is 0 Å². The molecule has 0 aliphatic heterocycles. The molecule has 0 radical (unpaired) electrons. The molecule has 0 aliphatic carbocycles. The molecule has 0 aromatic carbocycles. The Balaban J connectivity index is 1.82. The summed E-state index contributed by atoms with van der Waals surface area (Å²) >= 11 is 0. The van der Waals surface area contributed by atoms with Crippen LogP contribution in [-0.4, -0.2) is 33.6 Å². The van der Waals surface area contributed by atoms with Crippen molar-refractivity contribution in [3.63, 3.8) is 0 Å². The summed E-state index contributed by atoms with van der Waals surface area (Å²) in [6.45, 7) is 9.24. The zero-order valence-electron chi connectivity index (χ0n) is 11.2. The Hall–Kier alpha value is -1.46. The Morgan fingerprint density at radius 2 is 2.06 bits per heavy atom. The van der Waals surface area contributed by atoms with Crippen LogP contribution in [0.5, 0.6) is 0 Å². The highest BCUT2D eigenvalue weighted by Gasteiger charge is 2.07. The Morgan fingerprint density at radius 3 is 2.83 bits per heavy atom. The molecule has 5 heteroatoms.